The van der Waals surface area contributed by atoms with Crippen LogP contribution in [0.25, 0.3) is 0 Å². The summed E-state index contributed by atoms with van der Waals surface area (Å²) in [4.78, 5) is 4.04. The quantitative estimate of drug-likeness (QED) is 0.211. The molecule has 0 N–H and O–H groups in total. The van der Waals surface area contributed by atoms with Crippen molar-refractivity contribution in [3.63, 3.8) is 0 Å². The Balaban J connectivity index is 0.00000361. The van der Waals surface area contributed by atoms with Crippen molar-refractivity contribution in [1.82, 2.24) is 9.55 Å². The van der Waals surface area contributed by atoms with Crippen molar-refractivity contribution in [2.45, 2.75) is 30.8 Å². The average Bonchev–Trinajstić information content (AvgIpc) is 3.37. The van der Waals surface area contributed by atoms with Crippen LogP contribution in [-0.2, 0) is 16.6 Å². The van der Waals surface area contributed by atoms with Crippen LogP contribution in [0.15, 0.2) is 96.4 Å². The fraction of sp³-hybridized carbons (Fsp3) is 0.192. The highest BCUT2D eigenvalue weighted by Gasteiger charge is 2.33. The Morgan fingerprint density at radius 3 is 2.44 bits per heavy atom. The van der Waals surface area contributed by atoms with E-state index in [1.54, 1.807) is 43.7 Å². The van der Waals surface area contributed by atoms with Gasteiger partial charge in [0.1, 0.15) is 11.6 Å². The Morgan fingerprint density at radius 1 is 1.06 bits per heavy atom. The first kappa shape index (κ1) is 27.5. The SMILES string of the molecule is C[C@H](c1ccccc1OCCCn1ccnc1)N(c1ccccc1F)S(=O)(=O)c1ccc(Cl)cc1.Cl. The smallest absolute Gasteiger partial charge is 0.264 e. The van der Waals surface area contributed by atoms with E-state index >= 15 is 0 Å². The van der Waals surface area contributed by atoms with Crippen LogP contribution in [-0.4, -0.2) is 24.6 Å². The zero-order valence-corrected chi connectivity index (χ0v) is 21.9. The minimum absolute atomic E-state index is 0. The van der Waals surface area contributed by atoms with Crippen LogP contribution in [0.3, 0.4) is 0 Å². The molecule has 0 fully saturated rings. The Labute approximate surface area is 221 Å². The van der Waals surface area contributed by atoms with Gasteiger partial charge in [0.05, 0.1) is 29.6 Å². The molecular formula is C26H26Cl2FN3O3S. The molecule has 0 saturated carbocycles. The van der Waals surface area contributed by atoms with Crippen LogP contribution in [0, 0.1) is 5.82 Å². The van der Waals surface area contributed by atoms with Crippen molar-refractivity contribution >= 4 is 39.7 Å². The van der Waals surface area contributed by atoms with Gasteiger partial charge in [-0.25, -0.2) is 17.8 Å². The summed E-state index contributed by atoms with van der Waals surface area (Å²) in [6, 6.07) is 18.1. The Hall–Kier alpha value is -3.07. The van der Waals surface area contributed by atoms with Gasteiger partial charge < -0.3 is 9.30 Å². The minimum Gasteiger partial charge on any atom is -0.493 e. The summed E-state index contributed by atoms with van der Waals surface area (Å²) in [6.45, 7) is 2.88. The molecule has 0 amide bonds. The maximum atomic E-state index is 14.9. The minimum atomic E-state index is -4.14. The van der Waals surface area contributed by atoms with Gasteiger partial charge in [0.2, 0.25) is 0 Å². The third-order valence-electron chi connectivity index (χ3n) is 5.56. The molecular weight excluding hydrogens is 524 g/mol. The molecule has 4 rings (SSSR count). The van der Waals surface area contributed by atoms with Gasteiger partial charge in [-0.15, -0.1) is 12.4 Å². The molecule has 1 aromatic heterocycles. The Kier molecular flexibility index (Phi) is 9.37. The highest BCUT2D eigenvalue weighted by atomic mass is 35.5. The fourth-order valence-electron chi connectivity index (χ4n) is 3.83. The second-order valence-electron chi connectivity index (χ2n) is 7.92. The molecule has 4 aromatic rings. The van der Waals surface area contributed by atoms with Crippen LogP contribution in [0.2, 0.25) is 5.02 Å². The number of anilines is 1. The number of hydrogen-bond donors (Lipinski definition) is 0. The number of hydrogen-bond acceptors (Lipinski definition) is 4. The third kappa shape index (κ3) is 6.19. The number of aromatic nitrogens is 2. The summed E-state index contributed by atoms with van der Waals surface area (Å²) in [5, 5.41) is 0.406. The van der Waals surface area contributed by atoms with E-state index in [4.69, 9.17) is 16.3 Å². The van der Waals surface area contributed by atoms with E-state index in [0.717, 1.165) is 17.3 Å². The van der Waals surface area contributed by atoms with Gasteiger partial charge in [0, 0.05) is 29.5 Å². The largest absolute Gasteiger partial charge is 0.493 e. The lowest BCUT2D eigenvalue weighted by Crippen LogP contribution is -2.34. The van der Waals surface area contributed by atoms with Gasteiger partial charge in [0.25, 0.3) is 10.0 Å². The lowest BCUT2D eigenvalue weighted by molar-refractivity contribution is 0.297. The van der Waals surface area contributed by atoms with E-state index < -0.39 is 21.9 Å². The standard InChI is InChI=1S/C26H25ClFN3O3S.ClH/c1-20(23-7-2-5-10-26(23)34-18-6-16-30-17-15-29-19-30)31(25-9-4-3-8-24(25)28)35(32,33)22-13-11-21(27)12-14-22;/h2-5,7-15,17,19-20H,6,16,18H2,1H3;1H/t20-;/m1./s1. The summed E-state index contributed by atoms with van der Waals surface area (Å²) in [7, 11) is -4.14. The highest BCUT2D eigenvalue weighted by Crippen LogP contribution is 2.38. The predicted octanol–water partition coefficient (Wildman–Crippen LogP) is 6.52. The third-order valence-corrected chi connectivity index (χ3v) is 7.71. The van der Waals surface area contributed by atoms with Crippen molar-refractivity contribution in [1.29, 1.82) is 0 Å². The van der Waals surface area contributed by atoms with Crippen molar-refractivity contribution in [2.24, 2.45) is 0 Å². The first-order valence-corrected chi connectivity index (χ1v) is 12.9. The molecule has 0 aliphatic heterocycles. The zero-order valence-electron chi connectivity index (χ0n) is 19.5. The van der Waals surface area contributed by atoms with E-state index in [2.05, 4.69) is 4.98 Å². The van der Waals surface area contributed by atoms with E-state index in [0.29, 0.717) is 22.9 Å². The molecule has 0 spiro atoms. The second-order valence-corrected chi connectivity index (χ2v) is 10.2. The molecule has 0 aliphatic carbocycles. The predicted molar refractivity (Wildman–Crippen MR) is 142 cm³/mol. The molecule has 10 heteroatoms. The number of aryl methyl sites for hydroxylation is 1. The first-order valence-electron chi connectivity index (χ1n) is 11.1. The van der Waals surface area contributed by atoms with E-state index in [1.165, 1.54) is 42.5 Å². The van der Waals surface area contributed by atoms with Crippen LogP contribution in [0.5, 0.6) is 5.75 Å². The summed E-state index contributed by atoms with van der Waals surface area (Å²) in [5.74, 6) is -0.103. The fourth-order valence-corrected chi connectivity index (χ4v) is 5.60. The second kappa shape index (κ2) is 12.3. The summed E-state index contributed by atoms with van der Waals surface area (Å²) in [6.07, 6.45) is 6.07. The molecule has 3 aromatic carbocycles. The van der Waals surface area contributed by atoms with Crippen LogP contribution in [0.4, 0.5) is 10.1 Å². The maximum Gasteiger partial charge on any atom is 0.264 e. The number of para-hydroxylation sites is 2. The van der Waals surface area contributed by atoms with Crippen molar-refractivity contribution in [3.05, 3.63) is 108 Å². The van der Waals surface area contributed by atoms with Gasteiger partial charge in [-0.1, -0.05) is 41.9 Å². The van der Waals surface area contributed by atoms with Crippen molar-refractivity contribution < 1.29 is 17.5 Å². The molecule has 0 bridgehead atoms. The van der Waals surface area contributed by atoms with Gasteiger partial charge >= 0.3 is 0 Å². The van der Waals surface area contributed by atoms with Gasteiger partial charge in [0.15, 0.2) is 0 Å². The molecule has 0 saturated heterocycles. The maximum absolute atomic E-state index is 14.9. The number of imidazole rings is 1. The molecule has 0 unspecified atom stereocenters. The molecule has 190 valence electrons. The molecule has 36 heavy (non-hydrogen) atoms. The van der Waals surface area contributed by atoms with Gasteiger partial charge in [-0.05, 0) is 55.8 Å². The molecule has 1 atom stereocenters. The summed E-state index contributed by atoms with van der Waals surface area (Å²) in [5.41, 5.74) is 0.570. The number of sulfonamides is 1. The number of rotatable bonds is 10. The van der Waals surface area contributed by atoms with E-state index in [9.17, 15) is 12.8 Å². The monoisotopic (exact) mass is 549 g/mol. The number of benzene rings is 3. The van der Waals surface area contributed by atoms with Crippen LogP contribution >= 0.6 is 24.0 Å². The molecule has 1 heterocycles. The topological polar surface area (TPSA) is 64.4 Å². The van der Waals surface area contributed by atoms with E-state index in [1.807, 2.05) is 16.8 Å². The van der Waals surface area contributed by atoms with Gasteiger partial charge in [-0.2, -0.15) is 0 Å². The Morgan fingerprint density at radius 2 is 1.75 bits per heavy atom. The number of halogens is 3. The lowest BCUT2D eigenvalue weighted by atomic mass is 10.1. The molecule has 0 radical (unpaired) electrons. The van der Waals surface area contributed by atoms with Crippen molar-refractivity contribution in [2.75, 3.05) is 10.9 Å². The molecule has 6 nitrogen and oxygen atoms in total. The normalized spacial score (nSPS) is 12.0. The summed E-state index contributed by atoms with van der Waals surface area (Å²) >= 11 is 5.97. The summed E-state index contributed by atoms with van der Waals surface area (Å²) < 4.78 is 51.6. The van der Waals surface area contributed by atoms with Crippen LogP contribution in [0.1, 0.15) is 24.9 Å². The van der Waals surface area contributed by atoms with Crippen LogP contribution < -0.4 is 9.04 Å². The highest BCUT2D eigenvalue weighted by molar-refractivity contribution is 7.92. The molecule has 0 aliphatic rings. The average molecular weight is 550 g/mol. The number of ether oxygens (including phenoxy) is 1. The van der Waals surface area contributed by atoms with Crippen molar-refractivity contribution in [3.8, 4) is 5.75 Å². The van der Waals surface area contributed by atoms with E-state index in [-0.39, 0.29) is 23.0 Å². The van der Waals surface area contributed by atoms with Gasteiger partial charge in [-0.3, -0.25) is 4.31 Å². The number of nitrogens with zero attached hydrogens (tertiary/aromatic N) is 3. The lowest BCUT2D eigenvalue weighted by Gasteiger charge is -2.32. The zero-order chi connectivity index (χ0) is 24.8. The Bertz CT molecular complexity index is 1370. The first-order chi connectivity index (χ1) is 16.9.